The second kappa shape index (κ2) is 7.27. The molecule has 0 fully saturated rings. The van der Waals surface area contributed by atoms with E-state index in [1.165, 1.54) is 0 Å². The van der Waals surface area contributed by atoms with Crippen molar-refractivity contribution in [1.82, 2.24) is 0 Å². The van der Waals surface area contributed by atoms with Crippen molar-refractivity contribution >= 4 is 11.6 Å². The summed E-state index contributed by atoms with van der Waals surface area (Å²) in [5, 5.41) is 0. The van der Waals surface area contributed by atoms with Crippen LogP contribution in [0.25, 0.3) is 0 Å². The molecule has 3 heteroatoms. The molecule has 2 nitrogen and oxygen atoms in total. The van der Waals surface area contributed by atoms with Gasteiger partial charge in [-0.25, -0.2) is 0 Å². The molecular formula is C15H13NaO2. The number of benzene rings is 2. The fourth-order valence-corrected chi connectivity index (χ4v) is 1.60. The Morgan fingerprint density at radius 1 is 0.722 bits per heavy atom. The molecule has 0 atom stereocenters. The number of rotatable bonds is 4. The summed E-state index contributed by atoms with van der Waals surface area (Å²) < 4.78 is 0. The van der Waals surface area contributed by atoms with Crippen LogP contribution in [0.2, 0.25) is 0 Å². The number of ketones is 2. The molecular weight excluding hydrogens is 235 g/mol. The maximum Gasteiger partial charge on any atom is 1.00 e. The second-order valence-corrected chi connectivity index (χ2v) is 3.76. The number of Topliss-reactive ketones (excluding diaryl/α,β-unsaturated/α-hetero) is 2. The molecule has 2 aromatic rings. The van der Waals surface area contributed by atoms with Crippen LogP contribution in [0.5, 0.6) is 0 Å². The summed E-state index contributed by atoms with van der Waals surface area (Å²) in [6, 6.07) is 17.7. The number of hydrogen-bond donors (Lipinski definition) is 0. The van der Waals surface area contributed by atoms with Gasteiger partial charge in [-0.1, -0.05) is 60.7 Å². The van der Waals surface area contributed by atoms with E-state index in [0.29, 0.717) is 11.1 Å². The first-order valence-corrected chi connectivity index (χ1v) is 5.44. The van der Waals surface area contributed by atoms with Gasteiger partial charge in [0, 0.05) is 11.1 Å². The third-order valence-corrected chi connectivity index (χ3v) is 2.51. The Labute approximate surface area is 130 Å². The van der Waals surface area contributed by atoms with E-state index in [4.69, 9.17) is 0 Å². The van der Waals surface area contributed by atoms with E-state index in [0.717, 1.165) is 0 Å². The van der Waals surface area contributed by atoms with Crippen molar-refractivity contribution in [1.29, 1.82) is 0 Å². The van der Waals surface area contributed by atoms with Gasteiger partial charge in [0.1, 0.15) is 0 Å². The zero-order chi connectivity index (χ0) is 12.1. The van der Waals surface area contributed by atoms with Crippen LogP contribution in [-0.2, 0) is 0 Å². The van der Waals surface area contributed by atoms with Gasteiger partial charge in [0.05, 0.1) is 6.42 Å². The van der Waals surface area contributed by atoms with Gasteiger partial charge in [-0.2, -0.15) is 0 Å². The fraction of sp³-hybridized carbons (Fsp3) is 0.0667. The molecule has 86 valence electrons. The SMILES string of the molecule is O=C(CC(=O)c1ccccc1)c1ccccc1.[H-].[Na+]. The summed E-state index contributed by atoms with van der Waals surface area (Å²) in [5.74, 6) is -0.279. The normalized spacial score (nSPS) is 9.33. The third-order valence-electron chi connectivity index (χ3n) is 2.51. The van der Waals surface area contributed by atoms with Gasteiger partial charge in [-0.15, -0.1) is 0 Å². The molecule has 0 aromatic heterocycles. The van der Waals surface area contributed by atoms with E-state index in [2.05, 4.69) is 0 Å². The minimum Gasteiger partial charge on any atom is -1.00 e. The smallest absolute Gasteiger partial charge is 1.00 e. The zero-order valence-electron chi connectivity index (χ0n) is 11.3. The van der Waals surface area contributed by atoms with Crippen LogP contribution in [0.1, 0.15) is 28.6 Å². The van der Waals surface area contributed by atoms with Crippen molar-refractivity contribution in [3.63, 3.8) is 0 Å². The van der Waals surface area contributed by atoms with Gasteiger partial charge in [-0.3, -0.25) is 9.59 Å². The van der Waals surface area contributed by atoms with E-state index in [1.54, 1.807) is 48.5 Å². The van der Waals surface area contributed by atoms with Crippen LogP contribution in [0.15, 0.2) is 60.7 Å². The molecule has 18 heavy (non-hydrogen) atoms. The van der Waals surface area contributed by atoms with Crippen LogP contribution in [0, 0.1) is 0 Å². The molecule has 0 aliphatic rings. The summed E-state index contributed by atoms with van der Waals surface area (Å²) in [6.07, 6.45) is -0.0754. The van der Waals surface area contributed by atoms with Crippen molar-refractivity contribution in [2.75, 3.05) is 0 Å². The molecule has 0 bridgehead atoms. The maximum absolute atomic E-state index is 11.8. The maximum atomic E-state index is 11.8. The molecule has 0 heterocycles. The first-order valence-electron chi connectivity index (χ1n) is 5.44. The Hall–Kier alpha value is -1.22. The average Bonchev–Trinajstić information content (AvgIpc) is 2.40. The fourth-order valence-electron chi connectivity index (χ4n) is 1.60. The molecule has 2 rings (SSSR count). The standard InChI is InChI=1S/C15H12O2.Na.H/c16-14(12-7-3-1-4-8-12)11-15(17)13-9-5-2-6-10-13;;/h1-10H,11H2;;/q;+1;-1. The van der Waals surface area contributed by atoms with Gasteiger partial charge < -0.3 is 1.43 Å². The molecule has 0 N–H and O–H groups in total. The van der Waals surface area contributed by atoms with E-state index in [-0.39, 0.29) is 49.0 Å². The average molecular weight is 248 g/mol. The number of carbonyl (C=O) groups excluding carboxylic acids is 2. The van der Waals surface area contributed by atoms with Gasteiger partial charge in [0.15, 0.2) is 11.6 Å². The van der Waals surface area contributed by atoms with Crippen molar-refractivity contribution in [3.8, 4) is 0 Å². The van der Waals surface area contributed by atoms with Crippen LogP contribution >= 0.6 is 0 Å². The topological polar surface area (TPSA) is 34.1 Å². The predicted octanol–water partition coefficient (Wildman–Crippen LogP) is 0.259. The molecule has 0 unspecified atom stereocenters. The van der Waals surface area contributed by atoms with Crippen LogP contribution < -0.4 is 29.6 Å². The molecule has 0 amide bonds. The summed E-state index contributed by atoms with van der Waals surface area (Å²) in [4.78, 5) is 23.6. The zero-order valence-corrected chi connectivity index (χ0v) is 12.3. The molecule has 0 saturated heterocycles. The summed E-state index contributed by atoms with van der Waals surface area (Å²) in [7, 11) is 0. The van der Waals surface area contributed by atoms with E-state index in [9.17, 15) is 9.59 Å². The molecule has 0 radical (unpaired) electrons. The summed E-state index contributed by atoms with van der Waals surface area (Å²) in [5.41, 5.74) is 1.16. The Kier molecular flexibility index (Phi) is 5.99. The van der Waals surface area contributed by atoms with Crippen molar-refractivity contribution in [2.24, 2.45) is 0 Å². The Morgan fingerprint density at radius 3 is 1.39 bits per heavy atom. The van der Waals surface area contributed by atoms with Crippen LogP contribution in [0.3, 0.4) is 0 Å². The van der Waals surface area contributed by atoms with Gasteiger partial charge in [0.25, 0.3) is 0 Å². The van der Waals surface area contributed by atoms with E-state index >= 15 is 0 Å². The first-order chi connectivity index (χ1) is 8.27. The van der Waals surface area contributed by atoms with Gasteiger partial charge in [-0.05, 0) is 0 Å². The van der Waals surface area contributed by atoms with E-state index < -0.39 is 0 Å². The van der Waals surface area contributed by atoms with Gasteiger partial charge >= 0.3 is 29.6 Å². The largest absolute Gasteiger partial charge is 1.00 e. The molecule has 0 aliphatic heterocycles. The molecule has 0 spiro atoms. The van der Waals surface area contributed by atoms with E-state index in [1.807, 2.05) is 12.1 Å². The molecule has 0 aliphatic carbocycles. The minimum absolute atomic E-state index is 0. The quantitative estimate of drug-likeness (QED) is 0.442. The summed E-state index contributed by atoms with van der Waals surface area (Å²) in [6.45, 7) is 0. The Balaban J connectivity index is 0.00000162. The van der Waals surface area contributed by atoms with Crippen molar-refractivity contribution in [2.45, 2.75) is 6.42 Å². The molecule has 0 saturated carbocycles. The van der Waals surface area contributed by atoms with Crippen LogP contribution in [-0.4, -0.2) is 11.6 Å². The first kappa shape index (κ1) is 14.8. The van der Waals surface area contributed by atoms with Crippen molar-refractivity contribution < 1.29 is 40.6 Å². The number of hydrogen-bond acceptors (Lipinski definition) is 2. The molecule has 2 aromatic carbocycles. The summed E-state index contributed by atoms with van der Waals surface area (Å²) >= 11 is 0. The van der Waals surface area contributed by atoms with Crippen molar-refractivity contribution in [3.05, 3.63) is 71.8 Å². The second-order valence-electron chi connectivity index (χ2n) is 3.76. The Morgan fingerprint density at radius 2 is 1.06 bits per heavy atom. The Bertz CT molecular complexity index is 477. The minimum atomic E-state index is -0.139. The number of carbonyl (C=O) groups is 2. The van der Waals surface area contributed by atoms with Crippen LogP contribution in [0.4, 0.5) is 0 Å². The third kappa shape index (κ3) is 3.91. The monoisotopic (exact) mass is 248 g/mol. The van der Waals surface area contributed by atoms with Gasteiger partial charge in [0.2, 0.25) is 0 Å². The predicted molar refractivity (Wildman–Crippen MR) is 67.3 cm³/mol.